The third-order valence-corrected chi connectivity index (χ3v) is 3.35. The van der Waals surface area contributed by atoms with Crippen LogP contribution in [0.25, 0.3) is 0 Å². The number of hydrogen-bond donors (Lipinski definition) is 1. The second-order valence-electron chi connectivity index (χ2n) is 4.81. The van der Waals surface area contributed by atoms with E-state index in [0.717, 1.165) is 5.56 Å². The van der Waals surface area contributed by atoms with Gasteiger partial charge in [0.1, 0.15) is 17.6 Å². The molecule has 0 fully saturated rings. The molecule has 0 bridgehead atoms. The smallest absolute Gasteiger partial charge is 0.255 e. The Kier molecular flexibility index (Phi) is 4.01. The monoisotopic (exact) mass is 295 g/mol. The number of furan rings is 1. The van der Waals surface area contributed by atoms with Gasteiger partial charge in [-0.1, -0.05) is 42.5 Å². The maximum atomic E-state index is 13.8. The van der Waals surface area contributed by atoms with Crippen molar-refractivity contribution < 1.29 is 13.6 Å². The normalized spacial score (nSPS) is 11.9. The van der Waals surface area contributed by atoms with Crippen LogP contribution in [0.4, 0.5) is 4.39 Å². The summed E-state index contributed by atoms with van der Waals surface area (Å²) in [5.74, 6) is -0.439. The summed E-state index contributed by atoms with van der Waals surface area (Å²) in [5.41, 5.74) is 0.872. The molecule has 1 aromatic heterocycles. The molecule has 0 spiro atoms. The van der Waals surface area contributed by atoms with Crippen LogP contribution in [0.15, 0.2) is 77.4 Å². The Balaban J connectivity index is 1.91. The molecule has 3 nitrogen and oxygen atoms in total. The van der Waals surface area contributed by atoms with E-state index in [2.05, 4.69) is 5.32 Å². The molecule has 3 aromatic rings. The highest BCUT2D eigenvalue weighted by molar-refractivity contribution is 5.94. The number of hydrogen-bond acceptors (Lipinski definition) is 2. The van der Waals surface area contributed by atoms with E-state index in [1.165, 1.54) is 12.1 Å². The van der Waals surface area contributed by atoms with Crippen LogP contribution in [-0.4, -0.2) is 5.91 Å². The SMILES string of the molecule is O=C(N[C@@H](c1ccccc1)c1ccco1)c1ccccc1F. The fourth-order valence-corrected chi connectivity index (χ4v) is 2.27. The molecule has 1 amide bonds. The van der Waals surface area contributed by atoms with E-state index < -0.39 is 17.8 Å². The standard InChI is InChI=1S/C18H14FNO2/c19-15-10-5-4-9-14(15)18(21)20-17(16-11-6-12-22-16)13-7-2-1-3-8-13/h1-12,17H,(H,20,21)/t17-/m0/s1. The van der Waals surface area contributed by atoms with Crippen molar-refractivity contribution in [1.82, 2.24) is 5.32 Å². The molecule has 0 saturated carbocycles. The van der Waals surface area contributed by atoms with Gasteiger partial charge in [0.05, 0.1) is 11.8 Å². The van der Waals surface area contributed by atoms with Crippen LogP contribution in [0.5, 0.6) is 0 Å². The largest absolute Gasteiger partial charge is 0.467 e. The van der Waals surface area contributed by atoms with Crippen molar-refractivity contribution in [3.63, 3.8) is 0 Å². The Bertz CT molecular complexity index is 754. The molecule has 0 radical (unpaired) electrons. The van der Waals surface area contributed by atoms with Crippen molar-refractivity contribution in [2.24, 2.45) is 0 Å². The maximum Gasteiger partial charge on any atom is 0.255 e. The van der Waals surface area contributed by atoms with E-state index in [1.807, 2.05) is 30.3 Å². The third kappa shape index (κ3) is 2.91. The molecule has 1 atom stereocenters. The zero-order chi connectivity index (χ0) is 15.4. The zero-order valence-electron chi connectivity index (χ0n) is 11.7. The van der Waals surface area contributed by atoms with E-state index in [-0.39, 0.29) is 5.56 Å². The Morgan fingerprint density at radius 1 is 0.955 bits per heavy atom. The lowest BCUT2D eigenvalue weighted by Crippen LogP contribution is -2.29. The van der Waals surface area contributed by atoms with Gasteiger partial charge in [0, 0.05) is 0 Å². The second kappa shape index (κ2) is 6.26. The number of benzene rings is 2. The Morgan fingerprint density at radius 3 is 2.36 bits per heavy atom. The third-order valence-electron chi connectivity index (χ3n) is 3.35. The van der Waals surface area contributed by atoms with Crippen LogP contribution in [0.2, 0.25) is 0 Å². The van der Waals surface area contributed by atoms with Gasteiger partial charge in [0.25, 0.3) is 5.91 Å². The summed E-state index contributed by atoms with van der Waals surface area (Å²) in [5, 5.41) is 2.82. The average molecular weight is 295 g/mol. The summed E-state index contributed by atoms with van der Waals surface area (Å²) in [6.45, 7) is 0. The number of carbonyl (C=O) groups excluding carboxylic acids is 1. The zero-order valence-corrected chi connectivity index (χ0v) is 11.7. The van der Waals surface area contributed by atoms with E-state index in [0.29, 0.717) is 5.76 Å². The first kappa shape index (κ1) is 14.1. The predicted octanol–water partition coefficient (Wildman–Crippen LogP) is 3.94. The highest BCUT2D eigenvalue weighted by Gasteiger charge is 2.21. The molecule has 0 saturated heterocycles. The van der Waals surface area contributed by atoms with Crippen LogP contribution in [0.3, 0.4) is 0 Å². The number of nitrogens with one attached hydrogen (secondary N) is 1. The average Bonchev–Trinajstić information content (AvgIpc) is 3.08. The summed E-state index contributed by atoms with van der Waals surface area (Å²) in [6.07, 6.45) is 1.54. The van der Waals surface area contributed by atoms with Crippen LogP contribution in [0.1, 0.15) is 27.7 Å². The predicted molar refractivity (Wildman–Crippen MR) is 80.9 cm³/mol. The molecule has 0 aliphatic carbocycles. The van der Waals surface area contributed by atoms with Gasteiger partial charge in [-0.3, -0.25) is 4.79 Å². The van der Waals surface area contributed by atoms with Crippen LogP contribution in [0, 0.1) is 5.82 Å². The number of amides is 1. The first-order chi connectivity index (χ1) is 10.8. The fraction of sp³-hybridized carbons (Fsp3) is 0.0556. The fourth-order valence-electron chi connectivity index (χ4n) is 2.27. The van der Waals surface area contributed by atoms with Crippen LogP contribution < -0.4 is 5.32 Å². The molecule has 3 rings (SSSR count). The molecule has 0 aliphatic heterocycles. The molecular weight excluding hydrogens is 281 g/mol. The van der Waals surface area contributed by atoms with Gasteiger partial charge in [0.2, 0.25) is 0 Å². The molecule has 0 unspecified atom stereocenters. The minimum absolute atomic E-state index is 0.00925. The van der Waals surface area contributed by atoms with Crippen molar-refractivity contribution in [3.05, 3.63) is 95.7 Å². The molecule has 0 aliphatic rings. The highest BCUT2D eigenvalue weighted by Crippen LogP contribution is 2.23. The first-order valence-electron chi connectivity index (χ1n) is 6.89. The molecule has 110 valence electrons. The first-order valence-corrected chi connectivity index (χ1v) is 6.89. The van der Waals surface area contributed by atoms with E-state index >= 15 is 0 Å². The van der Waals surface area contributed by atoms with Crippen molar-refractivity contribution in [1.29, 1.82) is 0 Å². The lowest BCUT2D eigenvalue weighted by Gasteiger charge is -2.17. The molecule has 22 heavy (non-hydrogen) atoms. The number of carbonyl (C=O) groups is 1. The minimum Gasteiger partial charge on any atom is -0.467 e. The summed E-state index contributed by atoms with van der Waals surface area (Å²) in [4.78, 5) is 12.4. The summed E-state index contributed by atoms with van der Waals surface area (Å²) in [6, 6.07) is 18.4. The van der Waals surface area contributed by atoms with Gasteiger partial charge in [-0.2, -0.15) is 0 Å². The minimum atomic E-state index is -0.550. The van der Waals surface area contributed by atoms with Gasteiger partial charge < -0.3 is 9.73 Å². The van der Waals surface area contributed by atoms with Gasteiger partial charge in [0.15, 0.2) is 0 Å². The van der Waals surface area contributed by atoms with Crippen molar-refractivity contribution in [2.45, 2.75) is 6.04 Å². The summed E-state index contributed by atoms with van der Waals surface area (Å²) < 4.78 is 19.2. The van der Waals surface area contributed by atoms with Gasteiger partial charge in [-0.05, 0) is 29.8 Å². The number of rotatable bonds is 4. The highest BCUT2D eigenvalue weighted by atomic mass is 19.1. The van der Waals surface area contributed by atoms with Crippen LogP contribution >= 0.6 is 0 Å². The van der Waals surface area contributed by atoms with Gasteiger partial charge in [-0.15, -0.1) is 0 Å². The molecule has 1 N–H and O–H groups in total. The van der Waals surface area contributed by atoms with Gasteiger partial charge >= 0.3 is 0 Å². The van der Waals surface area contributed by atoms with Crippen molar-refractivity contribution >= 4 is 5.91 Å². The van der Waals surface area contributed by atoms with Crippen molar-refractivity contribution in [2.75, 3.05) is 0 Å². The van der Waals surface area contributed by atoms with E-state index in [1.54, 1.807) is 30.5 Å². The number of halogens is 1. The molecular formula is C18H14FNO2. The van der Waals surface area contributed by atoms with Crippen LogP contribution in [-0.2, 0) is 0 Å². The Morgan fingerprint density at radius 2 is 1.68 bits per heavy atom. The molecule has 4 heteroatoms. The summed E-state index contributed by atoms with van der Waals surface area (Å²) in [7, 11) is 0. The quantitative estimate of drug-likeness (QED) is 0.792. The molecule has 2 aromatic carbocycles. The summed E-state index contributed by atoms with van der Waals surface area (Å²) >= 11 is 0. The topological polar surface area (TPSA) is 42.2 Å². The van der Waals surface area contributed by atoms with Gasteiger partial charge in [-0.25, -0.2) is 4.39 Å². The maximum absolute atomic E-state index is 13.8. The Hall–Kier alpha value is -2.88. The van der Waals surface area contributed by atoms with Crippen molar-refractivity contribution in [3.8, 4) is 0 Å². The Labute approximate surface area is 127 Å². The lowest BCUT2D eigenvalue weighted by atomic mass is 10.0. The second-order valence-corrected chi connectivity index (χ2v) is 4.81. The molecule has 1 heterocycles. The van der Waals surface area contributed by atoms with E-state index in [9.17, 15) is 9.18 Å². The lowest BCUT2D eigenvalue weighted by molar-refractivity contribution is 0.0935. The van der Waals surface area contributed by atoms with E-state index in [4.69, 9.17) is 4.42 Å².